The Labute approximate surface area is 111 Å². The van der Waals surface area contributed by atoms with Crippen LogP contribution in [0.2, 0.25) is 5.02 Å². The Balaban J connectivity index is 2.46. The van der Waals surface area contributed by atoms with Gasteiger partial charge in [-0.25, -0.2) is 0 Å². The molecule has 0 aliphatic carbocycles. The van der Waals surface area contributed by atoms with Gasteiger partial charge in [0.2, 0.25) is 0 Å². The van der Waals surface area contributed by atoms with E-state index in [1.807, 2.05) is 0 Å². The third-order valence-electron chi connectivity index (χ3n) is 2.03. The minimum atomic E-state index is -4.12. The Morgan fingerprint density at radius 1 is 1.29 bits per heavy atom. The molecule has 0 atom stereocenters. The Kier molecular flexibility index (Phi) is 5.59. The Hall–Kier alpha value is -0.420. The van der Waals surface area contributed by atoms with Crippen molar-refractivity contribution in [2.45, 2.75) is 24.3 Å². The van der Waals surface area contributed by atoms with Crippen molar-refractivity contribution in [1.82, 2.24) is 0 Å². The molecule has 17 heavy (non-hydrogen) atoms. The summed E-state index contributed by atoms with van der Waals surface area (Å²) in [6.07, 6.45) is -5.00. The maximum absolute atomic E-state index is 11.9. The van der Waals surface area contributed by atoms with Crippen LogP contribution in [-0.2, 0) is 5.33 Å². The number of hydrogen-bond donors (Lipinski definition) is 0. The van der Waals surface area contributed by atoms with Gasteiger partial charge in [-0.15, -0.1) is 0 Å². The quantitative estimate of drug-likeness (QED) is 0.547. The number of ether oxygens (including phenoxy) is 1. The second-order valence-corrected chi connectivity index (χ2v) is 4.45. The van der Waals surface area contributed by atoms with Crippen LogP contribution < -0.4 is 4.74 Å². The predicted octanol–water partition coefficient (Wildman–Crippen LogP) is 4.96. The number of benzene rings is 1. The van der Waals surface area contributed by atoms with Crippen molar-refractivity contribution in [3.8, 4) is 5.75 Å². The molecular formula is C11H11BrClF3O. The van der Waals surface area contributed by atoms with Crippen molar-refractivity contribution in [2.75, 3.05) is 6.61 Å². The lowest BCUT2D eigenvalue weighted by Gasteiger charge is -2.11. The maximum atomic E-state index is 11.9. The van der Waals surface area contributed by atoms with E-state index in [0.717, 1.165) is 5.56 Å². The van der Waals surface area contributed by atoms with Gasteiger partial charge < -0.3 is 4.74 Å². The molecule has 0 saturated carbocycles. The van der Waals surface area contributed by atoms with Crippen LogP contribution in [0, 0.1) is 0 Å². The van der Waals surface area contributed by atoms with E-state index in [0.29, 0.717) is 16.1 Å². The lowest BCUT2D eigenvalue weighted by Crippen LogP contribution is -2.10. The molecule has 0 amide bonds. The highest BCUT2D eigenvalue weighted by atomic mass is 79.9. The zero-order valence-corrected chi connectivity index (χ0v) is 11.2. The van der Waals surface area contributed by atoms with Gasteiger partial charge in [0.15, 0.2) is 0 Å². The molecule has 0 aromatic heterocycles. The first-order valence-electron chi connectivity index (χ1n) is 4.96. The Bertz CT molecular complexity index is 368. The fourth-order valence-corrected chi connectivity index (χ4v) is 1.88. The topological polar surface area (TPSA) is 9.23 Å². The van der Waals surface area contributed by atoms with E-state index in [2.05, 4.69) is 15.9 Å². The first-order valence-corrected chi connectivity index (χ1v) is 6.46. The van der Waals surface area contributed by atoms with Crippen LogP contribution >= 0.6 is 27.5 Å². The van der Waals surface area contributed by atoms with Crippen LogP contribution in [0.3, 0.4) is 0 Å². The molecule has 0 spiro atoms. The van der Waals surface area contributed by atoms with Crippen molar-refractivity contribution in [3.05, 3.63) is 28.8 Å². The first-order chi connectivity index (χ1) is 7.92. The van der Waals surface area contributed by atoms with Gasteiger partial charge in [0.25, 0.3) is 0 Å². The third kappa shape index (κ3) is 5.64. The summed E-state index contributed by atoms with van der Waals surface area (Å²) < 4.78 is 41.0. The summed E-state index contributed by atoms with van der Waals surface area (Å²) in [6.45, 7) is 0.0428. The van der Waals surface area contributed by atoms with E-state index in [-0.39, 0.29) is 13.0 Å². The van der Waals surface area contributed by atoms with Crippen LogP contribution in [0.5, 0.6) is 5.75 Å². The van der Waals surface area contributed by atoms with Gasteiger partial charge in [-0.1, -0.05) is 27.5 Å². The second kappa shape index (κ2) is 6.50. The van der Waals surface area contributed by atoms with Gasteiger partial charge in [-0.3, -0.25) is 0 Å². The normalized spacial score (nSPS) is 11.6. The smallest absolute Gasteiger partial charge is 0.389 e. The summed E-state index contributed by atoms with van der Waals surface area (Å²) in [5.41, 5.74) is 0.824. The summed E-state index contributed by atoms with van der Waals surface area (Å²) in [6, 6.07) is 5.02. The summed E-state index contributed by atoms with van der Waals surface area (Å²) in [4.78, 5) is 0. The molecule has 0 radical (unpaired) electrons. The molecule has 96 valence electrons. The highest BCUT2D eigenvalue weighted by Crippen LogP contribution is 2.26. The molecule has 0 fully saturated rings. The van der Waals surface area contributed by atoms with Gasteiger partial charge in [-0.2, -0.15) is 13.2 Å². The zero-order valence-electron chi connectivity index (χ0n) is 8.86. The van der Waals surface area contributed by atoms with E-state index < -0.39 is 12.6 Å². The van der Waals surface area contributed by atoms with Crippen molar-refractivity contribution in [1.29, 1.82) is 0 Å². The van der Waals surface area contributed by atoms with Gasteiger partial charge >= 0.3 is 6.18 Å². The standard InChI is InChI=1S/C11H11BrClF3O/c12-7-8-6-9(13)2-3-10(8)17-5-1-4-11(14,15)16/h2-3,6H,1,4-5,7H2. The van der Waals surface area contributed by atoms with E-state index in [4.69, 9.17) is 16.3 Å². The maximum Gasteiger partial charge on any atom is 0.389 e. The van der Waals surface area contributed by atoms with Gasteiger partial charge in [0.1, 0.15) is 5.75 Å². The van der Waals surface area contributed by atoms with Crippen molar-refractivity contribution >= 4 is 27.5 Å². The van der Waals surface area contributed by atoms with Crippen LogP contribution in [0.4, 0.5) is 13.2 Å². The van der Waals surface area contributed by atoms with E-state index >= 15 is 0 Å². The highest BCUT2D eigenvalue weighted by molar-refractivity contribution is 9.08. The van der Waals surface area contributed by atoms with Crippen molar-refractivity contribution in [3.63, 3.8) is 0 Å². The van der Waals surface area contributed by atoms with E-state index in [1.165, 1.54) is 0 Å². The lowest BCUT2D eigenvalue weighted by atomic mass is 10.2. The predicted molar refractivity (Wildman–Crippen MR) is 64.9 cm³/mol. The summed E-state index contributed by atoms with van der Waals surface area (Å²) >= 11 is 9.06. The third-order valence-corrected chi connectivity index (χ3v) is 2.87. The minimum Gasteiger partial charge on any atom is -0.493 e. The molecule has 1 aromatic carbocycles. The molecule has 0 aliphatic rings. The largest absolute Gasteiger partial charge is 0.493 e. The molecular weight excluding hydrogens is 320 g/mol. The van der Waals surface area contributed by atoms with E-state index in [1.54, 1.807) is 18.2 Å². The molecule has 0 N–H and O–H groups in total. The highest BCUT2D eigenvalue weighted by Gasteiger charge is 2.26. The molecule has 1 rings (SSSR count). The number of halogens is 5. The van der Waals surface area contributed by atoms with Crippen LogP contribution in [0.15, 0.2) is 18.2 Å². The lowest BCUT2D eigenvalue weighted by molar-refractivity contribution is -0.136. The molecule has 0 aliphatic heterocycles. The second-order valence-electron chi connectivity index (χ2n) is 3.45. The van der Waals surface area contributed by atoms with Crippen LogP contribution in [0.1, 0.15) is 18.4 Å². The van der Waals surface area contributed by atoms with Crippen molar-refractivity contribution in [2.24, 2.45) is 0 Å². The first kappa shape index (κ1) is 14.6. The molecule has 0 bridgehead atoms. The molecule has 1 aromatic rings. The van der Waals surface area contributed by atoms with Crippen LogP contribution in [0.25, 0.3) is 0 Å². The number of alkyl halides is 4. The van der Waals surface area contributed by atoms with Gasteiger partial charge in [0, 0.05) is 22.3 Å². The Morgan fingerprint density at radius 2 is 2.00 bits per heavy atom. The van der Waals surface area contributed by atoms with Crippen molar-refractivity contribution < 1.29 is 17.9 Å². The number of hydrogen-bond acceptors (Lipinski definition) is 1. The molecule has 0 heterocycles. The molecule has 0 unspecified atom stereocenters. The molecule has 6 heteroatoms. The fraction of sp³-hybridized carbons (Fsp3) is 0.455. The zero-order chi connectivity index (χ0) is 12.9. The number of rotatable bonds is 5. The fourth-order valence-electron chi connectivity index (χ4n) is 1.25. The van der Waals surface area contributed by atoms with E-state index in [9.17, 15) is 13.2 Å². The van der Waals surface area contributed by atoms with Crippen LogP contribution in [-0.4, -0.2) is 12.8 Å². The Morgan fingerprint density at radius 3 is 2.59 bits per heavy atom. The molecule has 1 nitrogen and oxygen atoms in total. The van der Waals surface area contributed by atoms with Gasteiger partial charge in [-0.05, 0) is 24.6 Å². The minimum absolute atomic E-state index is 0.0428. The monoisotopic (exact) mass is 330 g/mol. The average Bonchev–Trinajstić information content (AvgIpc) is 2.24. The van der Waals surface area contributed by atoms with Gasteiger partial charge in [0.05, 0.1) is 6.61 Å². The summed E-state index contributed by atoms with van der Waals surface area (Å²) in [5.74, 6) is 0.563. The summed E-state index contributed by atoms with van der Waals surface area (Å²) in [5, 5.41) is 1.12. The SMILES string of the molecule is FC(F)(F)CCCOc1ccc(Cl)cc1CBr. The average molecular weight is 332 g/mol. The summed E-state index contributed by atoms with van der Waals surface area (Å²) in [7, 11) is 0. The molecule has 0 saturated heterocycles.